The first kappa shape index (κ1) is 24.7. The number of allylic oxidation sites excluding steroid dienone is 1. The van der Waals surface area contributed by atoms with Crippen molar-refractivity contribution in [1.82, 2.24) is 14.9 Å². The summed E-state index contributed by atoms with van der Waals surface area (Å²) in [6.07, 6.45) is 4.54. The normalized spacial score (nSPS) is 16.6. The maximum atomic E-state index is 12.9. The Bertz CT molecular complexity index is 1280. The van der Waals surface area contributed by atoms with Crippen LogP contribution < -0.4 is 10.5 Å². The minimum atomic E-state index is -0.259. The van der Waals surface area contributed by atoms with E-state index in [-0.39, 0.29) is 29.4 Å². The molecule has 186 valence electrons. The van der Waals surface area contributed by atoms with Crippen molar-refractivity contribution in [2.75, 3.05) is 19.7 Å². The van der Waals surface area contributed by atoms with Gasteiger partial charge >= 0.3 is 5.97 Å². The molecule has 4 rings (SSSR count). The van der Waals surface area contributed by atoms with Gasteiger partial charge in [0.1, 0.15) is 5.75 Å². The molecule has 0 amide bonds. The van der Waals surface area contributed by atoms with Crippen molar-refractivity contribution >= 4 is 29.0 Å². The van der Waals surface area contributed by atoms with Gasteiger partial charge in [-0.05, 0) is 56.2 Å². The van der Waals surface area contributed by atoms with Crippen LogP contribution in [0.4, 0.5) is 0 Å². The average molecular weight is 488 g/mol. The van der Waals surface area contributed by atoms with Crippen molar-refractivity contribution < 1.29 is 19.1 Å². The molecule has 36 heavy (non-hydrogen) atoms. The zero-order valence-corrected chi connectivity index (χ0v) is 20.1. The fraction of sp³-hybridized carbons (Fsp3) is 0.259. The second kappa shape index (κ2) is 11.4. The molecule has 0 unspecified atom stereocenters. The molecule has 1 atom stereocenters. The van der Waals surface area contributed by atoms with Crippen molar-refractivity contribution in [3.8, 4) is 5.75 Å². The number of aromatic nitrogens is 2. The predicted octanol–water partition coefficient (Wildman–Crippen LogP) is 3.79. The van der Waals surface area contributed by atoms with Crippen molar-refractivity contribution in [1.29, 1.82) is 0 Å². The number of benzene rings is 2. The molecule has 1 fully saturated rings. The molecule has 0 radical (unpaired) electrons. The van der Waals surface area contributed by atoms with Crippen molar-refractivity contribution in [3.63, 3.8) is 0 Å². The van der Waals surface area contributed by atoms with E-state index >= 15 is 0 Å². The topological polar surface area (TPSA) is 123 Å². The second-order valence-corrected chi connectivity index (χ2v) is 8.30. The number of aliphatic imine (C=N–C) groups is 1. The second-order valence-electron chi connectivity index (χ2n) is 8.30. The molecule has 0 saturated carbocycles. The number of likely N-dealkylation sites (tertiary alicyclic amines) is 1. The van der Waals surface area contributed by atoms with Gasteiger partial charge in [-0.2, -0.15) is 0 Å². The molecule has 3 N–H and O–H groups in total. The highest BCUT2D eigenvalue weighted by molar-refractivity contribution is 6.08. The molecule has 1 saturated heterocycles. The molecule has 1 aliphatic heterocycles. The van der Waals surface area contributed by atoms with Gasteiger partial charge in [-0.15, -0.1) is 0 Å². The van der Waals surface area contributed by atoms with E-state index < -0.39 is 0 Å². The number of piperidine rings is 1. The van der Waals surface area contributed by atoms with Gasteiger partial charge in [0.25, 0.3) is 5.88 Å². The van der Waals surface area contributed by atoms with E-state index in [1.54, 1.807) is 31.2 Å². The molecule has 9 nitrogen and oxygen atoms in total. The van der Waals surface area contributed by atoms with E-state index in [1.807, 2.05) is 29.2 Å². The molecule has 0 aliphatic carbocycles. The third-order valence-electron chi connectivity index (χ3n) is 5.83. The lowest BCUT2D eigenvalue weighted by Crippen LogP contribution is -2.41. The highest BCUT2D eigenvalue weighted by Crippen LogP contribution is 2.24. The van der Waals surface area contributed by atoms with Crippen LogP contribution in [0.3, 0.4) is 0 Å². The number of hydrogen-bond donors (Lipinski definition) is 2. The van der Waals surface area contributed by atoms with Gasteiger partial charge in [-0.3, -0.25) is 9.59 Å². The van der Waals surface area contributed by atoms with E-state index in [2.05, 4.69) is 21.5 Å². The van der Waals surface area contributed by atoms with Crippen LogP contribution >= 0.6 is 0 Å². The van der Waals surface area contributed by atoms with Crippen molar-refractivity contribution in [2.24, 2.45) is 16.6 Å². The number of para-hydroxylation sites is 2. The predicted molar refractivity (Wildman–Crippen MR) is 137 cm³/mol. The van der Waals surface area contributed by atoms with Gasteiger partial charge in [-0.1, -0.05) is 24.8 Å². The summed E-state index contributed by atoms with van der Waals surface area (Å²) in [6, 6.07) is 14.1. The number of ether oxygens (including phenoxy) is 2. The van der Waals surface area contributed by atoms with E-state index in [0.717, 1.165) is 23.9 Å². The molecule has 9 heteroatoms. The first-order valence-corrected chi connectivity index (χ1v) is 11.8. The maximum Gasteiger partial charge on any atom is 0.310 e. The molecule has 2 heterocycles. The number of carbonyl (C=O) groups is 2. The molecule has 2 aromatic carbocycles. The Kier molecular flexibility index (Phi) is 7.79. The molecule has 0 bridgehead atoms. The van der Waals surface area contributed by atoms with E-state index in [4.69, 9.17) is 15.2 Å². The summed E-state index contributed by atoms with van der Waals surface area (Å²) in [4.78, 5) is 38.7. The lowest BCUT2D eigenvalue weighted by Gasteiger charge is -2.33. The Balaban J connectivity index is 1.51. The number of nitrogens with two attached hydrogens (primary N) is 1. The Hall–Kier alpha value is -4.40. The largest absolute Gasteiger partial charge is 0.466 e. The number of aromatic amines is 1. The Morgan fingerprint density at radius 2 is 2.03 bits per heavy atom. The van der Waals surface area contributed by atoms with E-state index in [0.29, 0.717) is 36.8 Å². The number of nitrogens with zero attached hydrogens (tertiary/aromatic N) is 3. The Labute approximate surface area is 209 Å². The average Bonchev–Trinajstić information content (AvgIpc) is 3.35. The number of rotatable bonds is 9. The number of hydrogen-bond acceptors (Lipinski definition) is 8. The standard InChI is InChI=1S/C27H29N5O4/c1-3-15-29-26(24(28)32-16-7-8-19(17-32)27(34)35-4-2)36-20-13-11-18(12-14-20)23(33)25-30-21-9-5-6-10-22(21)31-25/h3,5-6,9-15,19H,1,4,7-8,16-17,28H2,2H3,(H,30,31)/b26-24-,29-15-/t19-/m0/s1. The van der Waals surface area contributed by atoms with Crippen LogP contribution in [0.25, 0.3) is 11.0 Å². The van der Waals surface area contributed by atoms with Crippen LogP contribution in [-0.2, 0) is 9.53 Å². The highest BCUT2D eigenvalue weighted by Gasteiger charge is 2.28. The van der Waals surface area contributed by atoms with Crippen LogP contribution in [0, 0.1) is 5.92 Å². The zero-order chi connectivity index (χ0) is 25.5. The van der Waals surface area contributed by atoms with E-state index in [9.17, 15) is 9.59 Å². The van der Waals surface area contributed by atoms with Crippen LogP contribution in [0.5, 0.6) is 5.75 Å². The van der Waals surface area contributed by atoms with Gasteiger partial charge in [0.15, 0.2) is 11.6 Å². The van der Waals surface area contributed by atoms with Crippen molar-refractivity contribution in [2.45, 2.75) is 19.8 Å². The number of fused-ring (bicyclic) bond motifs is 1. The summed E-state index contributed by atoms with van der Waals surface area (Å²) < 4.78 is 11.2. The number of nitrogens with one attached hydrogen (secondary N) is 1. The lowest BCUT2D eigenvalue weighted by atomic mass is 9.98. The van der Waals surface area contributed by atoms with Crippen LogP contribution in [0.1, 0.15) is 35.9 Å². The number of ketones is 1. The SMILES string of the molecule is C=C/C=N\C(Oc1ccc(C(=O)c2nc3ccccc3[nH]2)cc1)=C(/N)N1CCC[C@H](C(=O)OCC)C1. The minimum absolute atomic E-state index is 0.177. The van der Waals surface area contributed by atoms with Crippen LogP contribution in [0.2, 0.25) is 0 Å². The Morgan fingerprint density at radius 1 is 1.25 bits per heavy atom. The minimum Gasteiger partial charge on any atom is -0.466 e. The molecular formula is C27H29N5O4. The number of esters is 1. The third-order valence-corrected chi connectivity index (χ3v) is 5.83. The maximum absolute atomic E-state index is 12.9. The molecule has 0 spiro atoms. The third kappa shape index (κ3) is 5.63. The van der Waals surface area contributed by atoms with Gasteiger partial charge in [-0.25, -0.2) is 9.98 Å². The highest BCUT2D eigenvalue weighted by atomic mass is 16.5. The monoisotopic (exact) mass is 487 g/mol. The van der Waals surface area contributed by atoms with Crippen LogP contribution in [0.15, 0.2) is 77.9 Å². The summed E-state index contributed by atoms with van der Waals surface area (Å²) >= 11 is 0. The van der Waals surface area contributed by atoms with E-state index in [1.165, 1.54) is 12.3 Å². The first-order chi connectivity index (χ1) is 17.5. The van der Waals surface area contributed by atoms with Gasteiger partial charge in [0.2, 0.25) is 5.78 Å². The summed E-state index contributed by atoms with van der Waals surface area (Å²) in [5.41, 5.74) is 8.41. The Morgan fingerprint density at radius 3 is 2.75 bits per heavy atom. The fourth-order valence-electron chi connectivity index (χ4n) is 4.03. The smallest absolute Gasteiger partial charge is 0.310 e. The zero-order valence-electron chi connectivity index (χ0n) is 20.1. The van der Waals surface area contributed by atoms with Gasteiger partial charge in [0.05, 0.1) is 23.6 Å². The fourth-order valence-corrected chi connectivity index (χ4v) is 4.03. The molecular weight excluding hydrogens is 458 g/mol. The van der Waals surface area contributed by atoms with Crippen molar-refractivity contribution in [3.05, 3.63) is 84.3 Å². The summed E-state index contributed by atoms with van der Waals surface area (Å²) in [6.45, 7) is 6.88. The summed E-state index contributed by atoms with van der Waals surface area (Å²) in [7, 11) is 0. The van der Waals surface area contributed by atoms with Gasteiger partial charge < -0.3 is 25.1 Å². The molecule has 3 aromatic rings. The molecule has 1 aromatic heterocycles. The lowest BCUT2D eigenvalue weighted by molar-refractivity contribution is -0.149. The summed E-state index contributed by atoms with van der Waals surface area (Å²) in [5.74, 6) is 0.499. The van der Waals surface area contributed by atoms with Gasteiger partial charge in [0, 0.05) is 24.9 Å². The number of imidazole rings is 1. The van der Waals surface area contributed by atoms with Crippen LogP contribution in [-0.4, -0.2) is 52.5 Å². The molecule has 1 aliphatic rings. The number of H-pyrrole nitrogens is 1. The summed E-state index contributed by atoms with van der Waals surface area (Å²) in [5, 5.41) is 0. The number of carbonyl (C=O) groups excluding carboxylic acids is 2. The quantitative estimate of drug-likeness (QED) is 0.204. The first-order valence-electron chi connectivity index (χ1n) is 11.8.